The van der Waals surface area contributed by atoms with Crippen molar-refractivity contribution in [3.8, 4) is 5.88 Å². The van der Waals surface area contributed by atoms with E-state index in [4.69, 9.17) is 14.0 Å². The molecule has 8 nitrogen and oxygen atoms in total. The quantitative estimate of drug-likeness (QED) is 0.747. The number of hydrogen-bond donors (Lipinski definition) is 0. The van der Waals surface area contributed by atoms with Crippen molar-refractivity contribution in [3.05, 3.63) is 41.9 Å². The zero-order chi connectivity index (χ0) is 19.6. The van der Waals surface area contributed by atoms with E-state index in [1.54, 1.807) is 12.3 Å². The molecule has 1 spiro atoms. The summed E-state index contributed by atoms with van der Waals surface area (Å²) >= 11 is 0. The fourth-order valence-corrected chi connectivity index (χ4v) is 4.48. The van der Waals surface area contributed by atoms with E-state index in [-0.39, 0.29) is 17.1 Å². The first kappa shape index (κ1) is 18.9. The van der Waals surface area contributed by atoms with Gasteiger partial charge in [-0.15, -0.1) is 0 Å². The molecule has 28 heavy (non-hydrogen) atoms. The first-order chi connectivity index (χ1) is 13.6. The summed E-state index contributed by atoms with van der Waals surface area (Å²) in [7, 11) is 3.64. The van der Waals surface area contributed by atoms with E-state index in [1.165, 1.54) is 7.11 Å². The summed E-state index contributed by atoms with van der Waals surface area (Å²) in [5, 5.41) is 3.73. The van der Waals surface area contributed by atoms with Crippen LogP contribution in [0.1, 0.15) is 22.5 Å². The molecule has 0 aliphatic carbocycles. The fraction of sp³-hybridized carbons (Fsp3) is 0.550. The number of likely N-dealkylation sites (tertiary alicyclic amines) is 2. The first-order valence-electron chi connectivity index (χ1n) is 9.55. The minimum absolute atomic E-state index is 0.0590. The van der Waals surface area contributed by atoms with E-state index >= 15 is 0 Å². The molecule has 2 aliphatic rings. The number of methoxy groups -OCH3 is 1. The van der Waals surface area contributed by atoms with Gasteiger partial charge in [-0.05, 0) is 30.3 Å². The second-order valence-electron chi connectivity index (χ2n) is 7.84. The van der Waals surface area contributed by atoms with Crippen LogP contribution in [0.3, 0.4) is 0 Å². The molecular formula is C20H26N4O4. The van der Waals surface area contributed by atoms with Gasteiger partial charge in [-0.1, -0.05) is 6.07 Å². The predicted octanol–water partition coefficient (Wildman–Crippen LogP) is 1.69. The Morgan fingerprint density at radius 3 is 3.07 bits per heavy atom. The van der Waals surface area contributed by atoms with Gasteiger partial charge in [0.1, 0.15) is 0 Å². The lowest BCUT2D eigenvalue weighted by Crippen LogP contribution is -2.38. The van der Waals surface area contributed by atoms with Crippen LogP contribution in [-0.4, -0.2) is 72.8 Å². The molecular weight excluding hydrogens is 360 g/mol. The van der Waals surface area contributed by atoms with Crippen LogP contribution >= 0.6 is 0 Å². The molecule has 150 valence electrons. The lowest BCUT2D eigenvalue weighted by atomic mass is 9.77. The predicted molar refractivity (Wildman–Crippen MR) is 101 cm³/mol. The summed E-state index contributed by atoms with van der Waals surface area (Å²) in [6.07, 6.45) is 4.56. The molecule has 2 aliphatic heterocycles. The Bertz CT molecular complexity index is 812. The molecule has 1 amide bonds. The molecule has 0 bridgehead atoms. The van der Waals surface area contributed by atoms with Crippen molar-refractivity contribution in [2.24, 2.45) is 11.3 Å². The Labute approximate surface area is 164 Å². The molecule has 8 heteroatoms. The first-order valence-corrected chi connectivity index (χ1v) is 9.55. The molecule has 4 rings (SSSR count). The van der Waals surface area contributed by atoms with Crippen molar-refractivity contribution >= 4 is 5.91 Å². The van der Waals surface area contributed by atoms with Gasteiger partial charge in [0.25, 0.3) is 11.8 Å². The van der Waals surface area contributed by atoms with Gasteiger partial charge in [0.05, 0.1) is 26.4 Å². The minimum Gasteiger partial charge on any atom is -0.479 e. The number of nitrogens with zero attached hydrogens (tertiary/aromatic N) is 4. The number of hydrogen-bond acceptors (Lipinski definition) is 7. The van der Waals surface area contributed by atoms with Crippen LogP contribution in [0.15, 0.2) is 35.1 Å². The van der Waals surface area contributed by atoms with Crippen molar-refractivity contribution in [1.82, 2.24) is 19.9 Å². The van der Waals surface area contributed by atoms with Crippen LogP contribution in [-0.2, 0) is 11.3 Å². The maximum Gasteiger partial charge on any atom is 0.292 e. The van der Waals surface area contributed by atoms with Gasteiger partial charge in [-0.3, -0.25) is 9.78 Å². The fourth-order valence-electron chi connectivity index (χ4n) is 4.48. The zero-order valence-corrected chi connectivity index (χ0v) is 16.3. The average Bonchev–Trinajstić information content (AvgIpc) is 3.42. The molecule has 2 aromatic rings. The highest BCUT2D eigenvalue weighted by molar-refractivity contribution is 5.91. The Morgan fingerprint density at radius 1 is 1.43 bits per heavy atom. The van der Waals surface area contributed by atoms with Crippen molar-refractivity contribution in [2.75, 3.05) is 46.9 Å². The monoisotopic (exact) mass is 386 g/mol. The third-order valence-corrected chi connectivity index (χ3v) is 5.87. The molecule has 2 fully saturated rings. The maximum absolute atomic E-state index is 12.8. The van der Waals surface area contributed by atoms with Crippen LogP contribution < -0.4 is 4.74 Å². The smallest absolute Gasteiger partial charge is 0.292 e. The number of carbonyl (C=O) groups is 1. The summed E-state index contributed by atoms with van der Waals surface area (Å²) in [6.45, 7) is 4.61. The largest absolute Gasteiger partial charge is 0.479 e. The number of amides is 1. The highest BCUT2D eigenvalue weighted by atomic mass is 16.5. The zero-order valence-electron chi connectivity index (χ0n) is 16.3. The van der Waals surface area contributed by atoms with Gasteiger partial charge in [0.2, 0.25) is 5.76 Å². The summed E-state index contributed by atoms with van der Waals surface area (Å²) in [5.41, 5.74) is 1.13. The molecule has 0 radical (unpaired) electrons. The highest BCUT2D eigenvalue weighted by Crippen LogP contribution is 2.44. The molecule has 0 saturated carbocycles. The van der Waals surface area contributed by atoms with E-state index in [0.29, 0.717) is 31.6 Å². The van der Waals surface area contributed by atoms with Gasteiger partial charge in [0.15, 0.2) is 0 Å². The van der Waals surface area contributed by atoms with Gasteiger partial charge in [-0.25, -0.2) is 0 Å². The Balaban J connectivity index is 1.39. The Hall–Kier alpha value is -2.45. The second-order valence-corrected chi connectivity index (χ2v) is 7.84. The summed E-state index contributed by atoms with van der Waals surface area (Å²) < 4.78 is 16.2. The minimum atomic E-state index is -0.128. The molecule has 0 aromatic carbocycles. The van der Waals surface area contributed by atoms with Crippen molar-refractivity contribution in [3.63, 3.8) is 0 Å². The molecule has 0 N–H and O–H groups in total. The molecule has 0 unspecified atom stereocenters. The van der Waals surface area contributed by atoms with Gasteiger partial charge >= 0.3 is 0 Å². The van der Waals surface area contributed by atoms with E-state index in [0.717, 1.165) is 31.6 Å². The number of pyridine rings is 1. The van der Waals surface area contributed by atoms with Crippen LogP contribution in [0.2, 0.25) is 0 Å². The number of rotatable bonds is 6. The molecule has 2 aromatic heterocycles. The van der Waals surface area contributed by atoms with Crippen molar-refractivity contribution in [2.45, 2.75) is 13.0 Å². The second kappa shape index (κ2) is 7.89. The van der Waals surface area contributed by atoms with Crippen molar-refractivity contribution in [1.29, 1.82) is 0 Å². The molecule has 2 saturated heterocycles. The van der Waals surface area contributed by atoms with Crippen LogP contribution in [0.4, 0.5) is 0 Å². The standard InChI is InChI=1S/C20H26N4O4/c1-23-10-16(12-27-11-15-4-3-6-21-9-15)20(13-23)5-7-24(14-20)19(25)17-8-18(26-2)22-28-17/h3-4,6,8-9,16H,5,7,10-14H2,1-2H3/t16-,20-/m1/s1. The summed E-state index contributed by atoms with van der Waals surface area (Å²) in [6, 6.07) is 5.48. The van der Waals surface area contributed by atoms with E-state index in [2.05, 4.69) is 22.1 Å². The Kier molecular flexibility index (Phi) is 5.32. The SMILES string of the molecule is COc1cc(C(=O)N2CC[C@@]3(CN(C)C[C@@H]3COCc3cccnc3)C2)on1. The third kappa shape index (κ3) is 3.74. The normalized spacial score (nSPS) is 24.9. The third-order valence-electron chi connectivity index (χ3n) is 5.87. The summed E-state index contributed by atoms with van der Waals surface area (Å²) in [5.74, 6) is 0.803. The lowest BCUT2D eigenvalue weighted by molar-refractivity contribution is 0.0488. The van der Waals surface area contributed by atoms with E-state index in [1.807, 2.05) is 23.2 Å². The maximum atomic E-state index is 12.8. The lowest BCUT2D eigenvalue weighted by Gasteiger charge is -2.30. The number of ether oxygens (including phenoxy) is 2. The average molecular weight is 386 g/mol. The number of aromatic nitrogens is 2. The highest BCUT2D eigenvalue weighted by Gasteiger charge is 2.50. The Morgan fingerprint density at radius 2 is 2.32 bits per heavy atom. The van der Waals surface area contributed by atoms with Gasteiger partial charge in [0, 0.05) is 49.9 Å². The van der Waals surface area contributed by atoms with Crippen LogP contribution in [0.25, 0.3) is 0 Å². The van der Waals surface area contributed by atoms with E-state index < -0.39 is 0 Å². The molecule has 2 atom stereocenters. The van der Waals surface area contributed by atoms with Crippen molar-refractivity contribution < 1.29 is 18.8 Å². The van der Waals surface area contributed by atoms with Gasteiger partial charge in [-0.2, -0.15) is 0 Å². The van der Waals surface area contributed by atoms with Crippen LogP contribution in [0, 0.1) is 11.3 Å². The number of carbonyl (C=O) groups excluding carboxylic acids is 1. The van der Waals surface area contributed by atoms with Crippen LogP contribution in [0.5, 0.6) is 5.88 Å². The molecule has 4 heterocycles. The topological polar surface area (TPSA) is 80.9 Å². The van der Waals surface area contributed by atoms with Gasteiger partial charge < -0.3 is 23.8 Å². The summed E-state index contributed by atoms with van der Waals surface area (Å²) in [4.78, 5) is 21.1. The van der Waals surface area contributed by atoms with E-state index in [9.17, 15) is 4.79 Å².